The van der Waals surface area contributed by atoms with E-state index in [9.17, 15) is 8.78 Å². The fourth-order valence-corrected chi connectivity index (χ4v) is 1.90. The Bertz CT molecular complexity index is 491. The first-order chi connectivity index (χ1) is 8.66. The lowest BCUT2D eigenvalue weighted by atomic mass is 10.1. The molecule has 1 atom stereocenters. The average molecular weight is 247 g/mol. The van der Waals surface area contributed by atoms with Gasteiger partial charge in [0.1, 0.15) is 17.3 Å². The monoisotopic (exact) mass is 247 g/mol. The zero-order valence-electron chi connectivity index (χ0n) is 10.2. The highest BCUT2D eigenvalue weighted by molar-refractivity contribution is 5.47. The van der Waals surface area contributed by atoms with Crippen LogP contribution in [0.3, 0.4) is 0 Å². The van der Waals surface area contributed by atoms with Crippen molar-refractivity contribution >= 4 is 5.69 Å². The van der Waals surface area contributed by atoms with Crippen LogP contribution in [0, 0.1) is 11.6 Å². The molecule has 2 rings (SSSR count). The molecule has 3 heteroatoms. The van der Waals surface area contributed by atoms with Gasteiger partial charge in [0.15, 0.2) is 0 Å². The van der Waals surface area contributed by atoms with Gasteiger partial charge in [0.25, 0.3) is 0 Å². The molecule has 0 fully saturated rings. The highest BCUT2D eigenvalue weighted by Gasteiger charge is 2.11. The largest absolute Gasteiger partial charge is 0.378 e. The van der Waals surface area contributed by atoms with E-state index in [2.05, 4.69) is 5.32 Å². The van der Waals surface area contributed by atoms with Crippen molar-refractivity contribution in [1.82, 2.24) is 0 Å². The molecule has 0 bridgehead atoms. The van der Waals surface area contributed by atoms with Gasteiger partial charge < -0.3 is 5.32 Å². The molecule has 18 heavy (non-hydrogen) atoms. The Morgan fingerprint density at radius 3 is 2.17 bits per heavy atom. The van der Waals surface area contributed by atoms with Crippen LogP contribution in [-0.4, -0.2) is 6.04 Å². The summed E-state index contributed by atoms with van der Waals surface area (Å²) in [5.41, 5.74) is 1.08. The minimum Gasteiger partial charge on any atom is -0.378 e. The van der Waals surface area contributed by atoms with Gasteiger partial charge in [0.05, 0.1) is 0 Å². The summed E-state index contributed by atoms with van der Waals surface area (Å²) in [5.74, 6) is -1.12. The summed E-state index contributed by atoms with van der Waals surface area (Å²) in [6.07, 6.45) is 0.717. The van der Waals surface area contributed by atoms with Crippen molar-refractivity contribution in [2.45, 2.75) is 19.4 Å². The molecule has 0 aliphatic heterocycles. The van der Waals surface area contributed by atoms with Crippen LogP contribution in [0.5, 0.6) is 0 Å². The number of anilines is 1. The van der Waals surface area contributed by atoms with Gasteiger partial charge in [-0.3, -0.25) is 0 Å². The van der Waals surface area contributed by atoms with E-state index in [0.717, 1.165) is 5.56 Å². The molecule has 0 heterocycles. The van der Waals surface area contributed by atoms with E-state index in [1.54, 1.807) is 0 Å². The van der Waals surface area contributed by atoms with Gasteiger partial charge in [-0.15, -0.1) is 0 Å². The van der Waals surface area contributed by atoms with Crippen LogP contribution >= 0.6 is 0 Å². The standard InChI is InChI=1S/C15H15F2N/c1-11(10-12-6-3-2-4-7-12)18-15-13(16)8-5-9-14(15)17/h2-9,11,18H,10H2,1H3. The first-order valence-corrected chi connectivity index (χ1v) is 5.91. The van der Waals surface area contributed by atoms with Gasteiger partial charge in [-0.2, -0.15) is 0 Å². The van der Waals surface area contributed by atoms with E-state index in [1.807, 2.05) is 37.3 Å². The predicted octanol–water partition coefficient (Wildman–Crippen LogP) is 4.01. The molecule has 0 radical (unpaired) electrons. The van der Waals surface area contributed by atoms with Gasteiger partial charge in [-0.25, -0.2) is 8.78 Å². The second-order valence-electron chi connectivity index (χ2n) is 4.33. The van der Waals surface area contributed by atoms with Gasteiger partial charge in [-0.1, -0.05) is 36.4 Å². The molecular formula is C15H15F2N. The second-order valence-corrected chi connectivity index (χ2v) is 4.33. The van der Waals surface area contributed by atoms with E-state index in [-0.39, 0.29) is 11.7 Å². The van der Waals surface area contributed by atoms with E-state index in [4.69, 9.17) is 0 Å². The molecule has 0 aromatic heterocycles. The third kappa shape index (κ3) is 3.06. The fourth-order valence-electron chi connectivity index (χ4n) is 1.90. The van der Waals surface area contributed by atoms with Crippen LogP contribution in [-0.2, 0) is 6.42 Å². The SMILES string of the molecule is CC(Cc1ccccc1)Nc1c(F)cccc1F. The van der Waals surface area contributed by atoms with Crippen LogP contribution in [0.25, 0.3) is 0 Å². The highest BCUT2D eigenvalue weighted by Crippen LogP contribution is 2.19. The van der Waals surface area contributed by atoms with Crippen LogP contribution in [0.15, 0.2) is 48.5 Å². The zero-order valence-corrected chi connectivity index (χ0v) is 10.2. The molecule has 0 aliphatic rings. The Morgan fingerprint density at radius 1 is 0.944 bits per heavy atom. The van der Waals surface area contributed by atoms with Gasteiger partial charge in [0, 0.05) is 6.04 Å². The summed E-state index contributed by atoms with van der Waals surface area (Å²) < 4.78 is 26.9. The van der Waals surface area contributed by atoms with Gasteiger partial charge in [0.2, 0.25) is 0 Å². The molecule has 0 saturated heterocycles. The van der Waals surface area contributed by atoms with Crippen LogP contribution in [0.4, 0.5) is 14.5 Å². The molecule has 0 amide bonds. The minimum atomic E-state index is -0.560. The summed E-state index contributed by atoms with van der Waals surface area (Å²) in [6, 6.07) is 13.7. The van der Waals surface area contributed by atoms with Gasteiger partial charge >= 0.3 is 0 Å². The summed E-state index contributed by atoms with van der Waals surface area (Å²) in [5, 5.41) is 2.88. The lowest BCUT2D eigenvalue weighted by Crippen LogP contribution is -2.19. The van der Waals surface area contributed by atoms with E-state index < -0.39 is 11.6 Å². The normalized spacial score (nSPS) is 12.2. The number of benzene rings is 2. The number of hydrogen-bond acceptors (Lipinski definition) is 1. The van der Waals surface area contributed by atoms with Crippen LogP contribution < -0.4 is 5.32 Å². The summed E-state index contributed by atoms with van der Waals surface area (Å²) >= 11 is 0. The summed E-state index contributed by atoms with van der Waals surface area (Å²) in [7, 11) is 0. The highest BCUT2D eigenvalue weighted by atomic mass is 19.1. The molecule has 0 saturated carbocycles. The minimum absolute atomic E-state index is 0.0428. The third-order valence-corrected chi connectivity index (χ3v) is 2.74. The van der Waals surface area contributed by atoms with Crippen molar-refractivity contribution in [2.24, 2.45) is 0 Å². The molecule has 1 nitrogen and oxygen atoms in total. The molecule has 2 aromatic rings. The van der Waals surface area contributed by atoms with E-state index >= 15 is 0 Å². The molecule has 1 unspecified atom stereocenters. The smallest absolute Gasteiger partial charge is 0.149 e. The maximum absolute atomic E-state index is 13.4. The first kappa shape index (κ1) is 12.6. The quantitative estimate of drug-likeness (QED) is 0.860. The maximum Gasteiger partial charge on any atom is 0.149 e. The Kier molecular flexibility index (Phi) is 3.92. The Morgan fingerprint density at radius 2 is 1.56 bits per heavy atom. The van der Waals surface area contributed by atoms with Crippen molar-refractivity contribution in [2.75, 3.05) is 5.32 Å². The van der Waals surface area contributed by atoms with E-state index in [1.165, 1.54) is 18.2 Å². The Labute approximate surface area is 105 Å². The first-order valence-electron chi connectivity index (χ1n) is 5.91. The van der Waals surface area contributed by atoms with E-state index in [0.29, 0.717) is 6.42 Å². The topological polar surface area (TPSA) is 12.0 Å². The maximum atomic E-state index is 13.4. The number of nitrogens with one attached hydrogen (secondary N) is 1. The van der Waals surface area contributed by atoms with Crippen molar-refractivity contribution in [1.29, 1.82) is 0 Å². The van der Waals surface area contributed by atoms with Crippen molar-refractivity contribution < 1.29 is 8.78 Å². The number of hydrogen-bond donors (Lipinski definition) is 1. The Hall–Kier alpha value is -1.90. The van der Waals surface area contributed by atoms with Crippen molar-refractivity contribution in [3.63, 3.8) is 0 Å². The number of para-hydroxylation sites is 1. The molecular weight excluding hydrogens is 232 g/mol. The number of rotatable bonds is 4. The number of halogens is 2. The Balaban J connectivity index is 2.06. The lowest BCUT2D eigenvalue weighted by molar-refractivity contribution is 0.583. The molecule has 2 aromatic carbocycles. The van der Waals surface area contributed by atoms with Crippen LogP contribution in [0.2, 0.25) is 0 Å². The third-order valence-electron chi connectivity index (χ3n) is 2.74. The van der Waals surface area contributed by atoms with Crippen molar-refractivity contribution in [3.05, 3.63) is 65.7 Å². The molecule has 1 N–H and O–H groups in total. The van der Waals surface area contributed by atoms with Crippen LogP contribution in [0.1, 0.15) is 12.5 Å². The summed E-state index contributed by atoms with van der Waals surface area (Å²) in [4.78, 5) is 0. The second kappa shape index (κ2) is 5.63. The lowest BCUT2D eigenvalue weighted by Gasteiger charge is -2.16. The molecule has 0 aliphatic carbocycles. The molecule has 0 spiro atoms. The predicted molar refractivity (Wildman–Crippen MR) is 69.6 cm³/mol. The molecule has 94 valence electrons. The average Bonchev–Trinajstić information content (AvgIpc) is 2.35. The van der Waals surface area contributed by atoms with Crippen molar-refractivity contribution in [3.8, 4) is 0 Å². The van der Waals surface area contributed by atoms with Gasteiger partial charge in [-0.05, 0) is 31.0 Å². The fraction of sp³-hybridized carbons (Fsp3) is 0.200. The summed E-state index contributed by atoms with van der Waals surface area (Å²) in [6.45, 7) is 1.90. The zero-order chi connectivity index (χ0) is 13.0.